The van der Waals surface area contributed by atoms with Gasteiger partial charge in [-0.25, -0.2) is 9.37 Å². The first kappa shape index (κ1) is 11.7. The van der Waals surface area contributed by atoms with Crippen molar-refractivity contribution in [1.82, 2.24) is 4.98 Å². The minimum atomic E-state index is -0.284. The molecule has 3 heteroatoms. The van der Waals surface area contributed by atoms with Crippen molar-refractivity contribution in [2.45, 2.75) is 6.92 Å². The van der Waals surface area contributed by atoms with Gasteiger partial charge in [-0.15, -0.1) is 0 Å². The van der Waals surface area contributed by atoms with Crippen LogP contribution in [0, 0.1) is 12.7 Å². The third-order valence-electron chi connectivity index (χ3n) is 3.31. The number of para-hydroxylation sites is 1. The first-order valence-electron chi connectivity index (χ1n) is 6.08. The zero-order valence-electron chi connectivity index (χ0n) is 10.5. The smallest absolute Gasteiger partial charge is 0.132 e. The summed E-state index contributed by atoms with van der Waals surface area (Å²) in [6, 6.07) is 14.2. The van der Waals surface area contributed by atoms with Crippen LogP contribution < -0.4 is 5.73 Å². The lowest BCUT2D eigenvalue weighted by atomic mass is 10.0. The molecule has 0 bridgehead atoms. The summed E-state index contributed by atoms with van der Waals surface area (Å²) in [6.45, 7) is 1.87. The van der Waals surface area contributed by atoms with Crippen LogP contribution in [-0.2, 0) is 0 Å². The SMILES string of the molecule is Cc1c(-c2ccccc2F)nc2ccccc2c1N. The molecule has 94 valence electrons. The molecule has 0 aliphatic rings. The maximum atomic E-state index is 13.9. The quantitative estimate of drug-likeness (QED) is 0.712. The van der Waals surface area contributed by atoms with Crippen LogP contribution in [0.2, 0.25) is 0 Å². The maximum absolute atomic E-state index is 13.9. The van der Waals surface area contributed by atoms with E-state index in [0.717, 1.165) is 16.5 Å². The first-order valence-corrected chi connectivity index (χ1v) is 6.08. The normalized spacial score (nSPS) is 10.8. The summed E-state index contributed by atoms with van der Waals surface area (Å²) >= 11 is 0. The van der Waals surface area contributed by atoms with E-state index in [4.69, 9.17) is 5.73 Å². The van der Waals surface area contributed by atoms with Crippen molar-refractivity contribution in [2.75, 3.05) is 5.73 Å². The Morgan fingerprint density at radius 2 is 1.68 bits per heavy atom. The number of benzene rings is 2. The van der Waals surface area contributed by atoms with Gasteiger partial charge in [0.2, 0.25) is 0 Å². The zero-order chi connectivity index (χ0) is 13.4. The van der Waals surface area contributed by atoms with Crippen molar-refractivity contribution in [3.05, 3.63) is 59.9 Å². The molecular weight excluding hydrogens is 239 g/mol. The highest BCUT2D eigenvalue weighted by atomic mass is 19.1. The van der Waals surface area contributed by atoms with Crippen LogP contribution in [0.3, 0.4) is 0 Å². The molecule has 0 saturated carbocycles. The van der Waals surface area contributed by atoms with E-state index in [0.29, 0.717) is 16.9 Å². The summed E-state index contributed by atoms with van der Waals surface area (Å²) < 4.78 is 13.9. The van der Waals surface area contributed by atoms with Crippen LogP contribution >= 0.6 is 0 Å². The number of rotatable bonds is 1. The molecule has 19 heavy (non-hydrogen) atoms. The minimum absolute atomic E-state index is 0.284. The Morgan fingerprint density at radius 1 is 1.00 bits per heavy atom. The lowest BCUT2D eigenvalue weighted by molar-refractivity contribution is 0.630. The third kappa shape index (κ3) is 1.83. The highest BCUT2D eigenvalue weighted by Gasteiger charge is 2.13. The van der Waals surface area contributed by atoms with Gasteiger partial charge < -0.3 is 5.73 Å². The second-order valence-corrected chi connectivity index (χ2v) is 4.50. The number of nitrogens with zero attached hydrogens (tertiary/aromatic N) is 1. The molecule has 0 saturated heterocycles. The van der Waals surface area contributed by atoms with Gasteiger partial charge in [-0.05, 0) is 30.7 Å². The number of nitrogen functional groups attached to an aromatic ring is 1. The van der Waals surface area contributed by atoms with E-state index in [1.165, 1.54) is 6.07 Å². The van der Waals surface area contributed by atoms with Crippen molar-refractivity contribution in [2.24, 2.45) is 0 Å². The number of hydrogen-bond donors (Lipinski definition) is 1. The molecule has 0 fully saturated rings. The van der Waals surface area contributed by atoms with Gasteiger partial charge in [0.05, 0.1) is 11.2 Å². The van der Waals surface area contributed by atoms with E-state index in [-0.39, 0.29) is 5.82 Å². The Bertz CT molecular complexity index is 766. The van der Waals surface area contributed by atoms with Gasteiger partial charge in [-0.2, -0.15) is 0 Å². The Kier molecular flexibility index (Phi) is 2.67. The van der Waals surface area contributed by atoms with Gasteiger partial charge >= 0.3 is 0 Å². The Labute approximate surface area is 110 Å². The molecule has 1 aromatic heterocycles. The largest absolute Gasteiger partial charge is 0.398 e. The Balaban J connectivity index is 2.37. The fraction of sp³-hybridized carbons (Fsp3) is 0.0625. The van der Waals surface area contributed by atoms with Crippen molar-refractivity contribution in [3.63, 3.8) is 0 Å². The van der Waals surface area contributed by atoms with Crippen LogP contribution in [0.25, 0.3) is 22.2 Å². The summed E-state index contributed by atoms with van der Waals surface area (Å²) in [7, 11) is 0. The van der Waals surface area contributed by atoms with E-state index < -0.39 is 0 Å². The zero-order valence-corrected chi connectivity index (χ0v) is 10.5. The summed E-state index contributed by atoms with van der Waals surface area (Å²) in [5, 5.41) is 0.903. The van der Waals surface area contributed by atoms with Crippen LogP contribution in [0.1, 0.15) is 5.56 Å². The average molecular weight is 252 g/mol. The molecule has 3 aromatic rings. The Morgan fingerprint density at radius 3 is 2.47 bits per heavy atom. The lowest BCUT2D eigenvalue weighted by Crippen LogP contribution is -1.99. The summed E-state index contributed by atoms with van der Waals surface area (Å²) in [6.07, 6.45) is 0. The highest BCUT2D eigenvalue weighted by Crippen LogP contribution is 2.32. The second-order valence-electron chi connectivity index (χ2n) is 4.50. The lowest BCUT2D eigenvalue weighted by Gasteiger charge is -2.11. The van der Waals surface area contributed by atoms with Crippen molar-refractivity contribution >= 4 is 16.6 Å². The first-order chi connectivity index (χ1) is 9.18. The molecule has 0 spiro atoms. The van der Waals surface area contributed by atoms with Crippen LogP contribution in [-0.4, -0.2) is 4.98 Å². The molecule has 2 nitrogen and oxygen atoms in total. The molecule has 3 rings (SSSR count). The molecule has 0 unspecified atom stereocenters. The predicted octanol–water partition coefficient (Wildman–Crippen LogP) is 3.93. The summed E-state index contributed by atoms with van der Waals surface area (Å²) in [4.78, 5) is 4.55. The van der Waals surface area contributed by atoms with Crippen LogP contribution in [0.4, 0.5) is 10.1 Å². The van der Waals surface area contributed by atoms with Gasteiger partial charge in [0, 0.05) is 16.6 Å². The molecule has 0 aliphatic carbocycles. The van der Waals surface area contributed by atoms with Crippen LogP contribution in [0.5, 0.6) is 0 Å². The Hall–Kier alpha value is -2.42. The van der Waals surface area contributed by atoms with E-state index in [9.17, 15) is 4.39 Å². The monoisotopic (exact) mass is 252 g/mol. The molecule has 2 N–H and O–H groups in total. The number of nitrogens with two attached hydrogens (primary N) is 1. The number of aromatic nitrogens is 1. The van der Waals surface area contributed by atoms with Crippen LogP contribution in [0.15, 0.2) is 48.5 Å². The van der Waals surface area contributed by atoms with Crippen molar-refractivity contribution in [1.29, 1.82) is 0 Å². The highest BCUT2D eigenvalue weighted by molar-refractivity contribution is 5.95. The molecule has 2 aromatic carbocycles. The fourth-order valence-electron chi connectivity index (χ4n) is 2.25. The number of fused-ring (bicyclic) bond motifs is 1. The van der Waals surface area contributed by atoms with Gasteiger partial charge in [0.1, 0.15) is 5.82 Å². The minimum Gasteiger partial charge on any atom is -0.398 e. The number of halogens is 1. The van der Waals surface area contributed by atoms with Gasteiger partial charge in [-0.1, -0.05) is 30.3 Å². The van der Waals surface area contributed by atoms with Gasteiger partial charge in [-0.3, -0.25) is 0 Å². The molecular formula is C16H13FN2. The van der Waals surface area contributed by atoms with E-state index in [2.05, 4.69) is 4.98 Å². The summed E-state index contributed by atoms with van der Waals surface area (Å²) in [5.74, 6) is -0.284. The second kappa shape index (κ2) is 4.35. The molecule has 0 atom stereocenters. The standard InChI is InChI=1S/C16H13FN2/c1-10-15(18)12-7-3-5-9-14(12)19-16(10)11-6-2-4-8-13(11)17/h2-9H,1H3,(H2,18,19). The number of hydrogen-bond acceptors (Lipinski definition) is 2. The van der Waals surface area contributed by atoms with Crippen molar-refractivity contribution in [3.8, 4) is 11.3 Å². The predicted molar refractivity (Wildman–Crippen MR) is 76.3 cm³/mol. The topological polar surface area (TPSA) is 38.9 Å². The van der Waals surface area contributed by atoms with Gasteiger partial charge in [0.15, 0.2) is 0 Å². The summed E-state index contributed by atoms with van der Waals surface area (Å²) in [5.41, 5.74) is 9.48. The molecule has 0 radical (unpaired) electrons. The average Bonchev–Trinajstić information content (AvgIpc) is 2.44. The molecule has 0 aliphatic heterocycles. The van der Waals surface area contributed by atoms with E-state index in [1.54, 1.807) is 18.2 Å². The number of pyridine rings is 1. The molecule has 0 amide bonds. The van der Waals surface area contributed by atoms with E-state index in [1.807, 2.05) is 31.2 Å². The van der Waals surface area contributed by atoms with Crippen molar-refractivity contribution < 1.29 is 4.39 Å². The maximum Gasteiger partial charge on any atom is 0.132 e. The molecule has 1 heterocycles. The number of anilines is 1. The van der Waals surface area contributed by atoms with Gasteiger partial charge in [0.25, 0.3) is 0 Å². The van der Waals surface area contributed by atoms with E-state index >= 15 is 0 Å². The fourth-order valence-corrected chi connectivity index (χ4v) is 2.25. The third-order valence-corrected chi connectivity index (χ3v) is 3.31.